The summed E-state index contributed by atoms with van der Waals surface area (Å²) in [7, 11) is 1.62. The molecular weight excluding hydrogens is 216 g/mol. The van der Waals surface area contributed by atoms with E-state index in [1.54, 1.807) is 13.3 Å². The predicted octanol–water partition coefficient (Wildman–Crippen LogP) is 2.23. The number of rotatable bonds is 4. The van der Waals surface area contributed by atoms with Gasteiger partial charge in [0.2, 0.25) is 0 Å². The van der Waals surface area contributed by atoms with E-state index in [4.69, 9.17) is 4.74 Å². The number of hydrogen-bond donors (Lipinski definition) is 1. The topological polar surface area (TPSA) is 47.3 Å². The Morgan fingerprint density at radius 2 is 2.41 bits per heavy atom. The molecule has 2 rings (SSSR count). The number of allylic oxidation sites excluding steroid dienone is 1. The highest BCUT2D eigenvalue weighted by Gasteiger charge is 2.34. The minimum absolute atomic E-state index is 0.674. The Bertz CT molecular complexity index is 412. The van der Waals surface area contributed by atoms with Crippen LogP contribution < -0.4 is 4.74 Å². The van der Waals surface area contributed by atoms with E-state index in [1.807, 2.05) is 16.8 Å². The molecule has 17 heavy (non-hydrogen) atoms. The van der Waals surface area contributed by atoms with Crippen molar-refractivity contribution in [1.29, 1.82) is 0 Å². The van der Waals surface area contributed by atoms with Gasteiger partial charge in [-0.15, -0.1) is 0 Å². The zero-order valence-corrected chi connectivity index (χ0v) is 10.5. The molecule has 4 nitrogen and oxygen atoms in total. The molecule has 4 heteroatoms. The summed E-state index contributed by atoms with van der Waals surface area (Å²) in [6.45, 7) is 2.90. The lowest BCUT2D eigenvalue weighted by atomic mass is 9.87. The summed E-state index contributed by atoms with van der Waals surface area (Å²) in [5.74, 6) is 0.674. The second-order valence-corrected chi connectivity index (χ2v) is 4.50. The van der Waals surface area contributed by atoms with Crippen LogP contribution >= 0.6 is 0 Å². The van der Waals surface area contributed by atoms with Gasteiger partial charge in [0.1, 0.15) is 11.3 Å². The Morgan fingerprint density at radius 3 is 3.00 bits per heavy atom. The smallest absolute Gasteiger partial charge is 0.163 e. The zero-order chi connectivity index (χ0) is 12.3. The normalized spacial score (nSPS) is 23.9. The maximum absolute atomic E-state index is 10.7. The molecule has 0 aromatic carbocycles. The van der Waals surface area contributed by atoms with Crippen LogP contribution in [0.2, 0.25) is 0 Å². The molecule has 0 fully saturated rings. The van der Waals surface area contributed by atoms with Crippen LogP contribution in [0.15, 0.2) is 18.3 Å². The van der Waals surface area contributed by atoms with Crippen LogP contribution in [-0.4, -0.2) is 22.0 Å². The molecular formula is C13H20N2O2. The molecule has 1 aromatic heterocycles. The van der Waals surface area contributed by atoms with Crippen LogP contribution in [0.5, 0.6) is 5.75 Å². The number of methoxy groups -OCH3 is 1. The molecule has 1 N–H and O–H groups in total. The van der Waals surface area contributed by atoms with Crippen molar-refractivity contribution in [2.24, 2.45) is 0 Å². The molecule has 94 valence electrons. The molecule has 1 unspecified atom stereocenters. The number of aliphatic hydroxyl groups is 1. The van der Waals surface area contributed by atoms with Crippen LogP contribution in [0.1, 0.15) is 38.3 Å². The van der Waals surface area contributed by atoms with Gasteiger partial charge in [-0.25, -0.2) is 0 Å². The summed E-state index contributed by atoms with van der Waals surface area (Å²) in [4.78, 5) is 0. The molecule has 0 aliphatic heterocycles. The summed E-state index contributed by atoms with van der Waals surface area (Å²) >= 11 is 0. The molecule has 0 radical (unpaired) electrons. The van der Waals surface area contributed by atoms with E-state index < -0.39 is 5.60 Å². The highest BCUT2D eigenvalue weighted by molar-refractivity contribution is 5.35. The number of aromatic nitrogens is 2. The van der Waals surface area contributed by atoms with Gasteiger partial charge in [0, 0.05) is 6.54 Å². The van der Waals surface area contributed by atoms with Gasteiger partial charge in [-0.2, -0.15) is 5.10 Å². The molecule has 1 aromatic rings. The molecule has 0 spiro atoms. The van der Waals surface area contributed by atoms with Crippen LogP contribution in [0.3, 0.4) is 0 Å². The second kappa shape index (κ2) is 4.92. The van der Waals surface area contributed by atoms with Gasteiger partial charge in [-0.3, -0.25) is 4.68 Å². The first-order chi connectivity index (χ1) is 8.21. The van der Waals surface area contributed by atoms with Crippen LogP contribution in [-0.2, 0) is 12.1 Å². The van der Waals surface area contributed by atoms with Crippen molar-refractivity contribution in [2.45, 2.75) is 44.8 Å². The van der Waals surface area contributed by atoms with Crippen molar-refractivity contribution < 1.29 is 9.84 Å². The molecule has 1 aliphatic carbocycles. The summed E-state index contributed by atoms with van der Waals surface area (Å²) < 4.78 is 7.17. The number of hydrogen-bond acceptors (Lipinski definition) is 3. The van der Waals surface area contributed by atoms with Gasteiger partial charge in [-0.1, -0.05) is 19.1 Å². The highest BCUT2D eigenvalue weighted by Crippen LogP contribution is 2.37. The zero-order valence-electron chi connectivity index (χ0n) is 10.5. The highest BCUT2D eigenvalue weighted by atomic mass is 16.5. The Morgan fingerprint density at radius 1 is 1.59 bits per heavy atom. The SMILES string of the molecule is CCCn1ncc(OC)c1C1(O)C=CCCC1. The molecule has 0 saturated carbocycles. The molecule has 0 amide bonds. The van der Waals surface area contributed by atoms with Crippen molar-refractivity contribution in [3.63, 3.8) is 0 Å². The maximum Gasteiger partial charge on any atom is 0.163 e. The first-order valence-electron chi connectivity index (χ1n) is 6.21. The largest absolute Gasteiger partial charge is 0.493 e. The minimum atomic E-state index is -0.921. The van der Waals surface area contributed by atoms with Crippen molar-refractivity contribution in [3.8, 4) is 5.75 Å². The maximum atomic E-state index is 10.7. The number of ether oxygens (including phenoxy) is 1. The van der Waals surface area contributed by atoms with Gasteiger partial charge >= 0.3 is 0 Å². The Balaban J connectivity index is 2.43. The van der Waals surface area contributed by atoms with Gasteiger partial charge < -0.3 is 9.84 Å². The van der Waals surface area contributed by atoms with E-state index in [0.29, 0.717) is 5.75 Å². The second-order valence-electron chi connectivity index (χ2n) is 4.50. The quantitative estimate of drug-likeness (QED) is 0.815. The van der Waals surface area contributed by atoms with Crippen LogP contribution in [0.25, 0.3) is 0 Å². The lowest BCUT2D eigenvalue weighted by Crippen LogP contribution is -2.29. The summed E-state index contributed by atoms with van der Waals surface area (Å²) in [6, 6.07) is 0. The van der Waals surface area contributed by atoms with Crippen molar-refractivity contribution in [3.05, 3.63) is 24.0 Å². The fourth-order valence-corrected chi connectivity index (χ4v) is 2.38. The van der Waals surface area contributed by atoms with E-state index in [0.717, 1.165) is 37.9 Å². The van der Waals surface area contributed by atoms with Crippen molar-refractivity contribution >= 4 is 0 Å². The van der Waals surface area contributed by atoms with Gasteiger partial charge in [0.25, 0.3) is 0 Å². The average Bonchev–Trinajstić information content (AvgIpc) is 2.74. The fourth-order valence-electron chi connectivity index (χ4n) is 2.38. The Labute approximate surface area is 102 Å². The standard InChI is InChI=1S/C13H20N2O2/c1-3-9-15-12(11(17-2)10-14-15)13(16)7-5-4-6-8-13/h5,7,10,16H,3-4,6,8-9H2,1-2H3. The van der Waals surface area contributed by atoms with E-state index in [-0.39, 0.29) is 0 Å². The van der Waals surface area contributed by atoms with Gasteiger partial charge in [-0.05, 0) is 25.7 Å². The van der Waals surface area contributed by atoms with E-state index in [2.05, 4.69) is 12.0 Å². The first kappa shape index (κ1) is 12.2. The molecule has 1 atom stereocenters. The fraction of sp³-hybridized carbons (Fsp3) is 0.615. The predicted molar refractivity (Wildman–Crippen MR) is 66.0 cm³/mol. The number of aryl methyl sites for hydroxylation is 1. The molecule has 0 bridgehead atoms. The first-order valence-corrected chi connectivity index (χ1v) is 6.21. The molecule has 1 aliphatic rings. The Hall–Kier alpha value is -1.29. The van der Waals surface area contributed by atoms with Crippen LogP contribution in [0.4, 0.5) is 0 Å². The van der Waals surface area contributed by atoms with Gasteiger partial charge in [0.05, 0.1) is 13.3 Å². The van der Waals surface area contributed by atoms with Crippen molar-refractivity contribution in [1.82, 2.24) is 9.78 Å². The summed E-state index contributed by atoms with van der Waals surface area (Å²) in [6.07, 6.45) is 9.34. The van der Waals surface area contributed by atoms with Crippen LogP contribution in [0, 0.1) is 0 Å². The Kier molecular flexibility index (Phi) is 3.52. The van der Waals surface area contributed by atoms with E-state index in [1.165, 1.54) is 0 Å². The molecule has 0 saturated heterocycles. The van der Waals surface area contributed by atoms with Crippen molar-refractivity contribution in [2.75, 3.05) is 7.11 Å². The number of nitrogens with zero attached hydrogens (tertiary/aromatic N) is 2. The summed E-state index contributed by atoms with van der Waals surface area (Å²) in [5.41, 5.74) is -0.132. The minimum Gasteiger partial charge on any atom is -0.493 e. The van der Waals surface area contributed by atoms with E-state index in [9.17, 15) is 5.11 Å². The third-order valence-corrected chi connectivity index (χ3v) is 3.19. The third kappa shape index (κ3) is 2.22. The lowest BCUT2D eigenvalue weighted by Gasteiger charge is -2.28. The average molecular weight is 236 g/mol. The lowest BCUT2D eigenvalue weighted by molar-refractivity contribution is 0.0600. The van der Waals surface area contributed by atoms with Gasteiger partial charge in [0.15, 0.2) is 5.75 Å². The summed E-state index contributed by atoms with van der Waals surface area (Å²) in [5, 5.41) is 15.0. The molecule has 1 heterocycles. The third-order valence-electron chi connectivity index (χ3n) is 3.19. The van der Waals surface area contributed by atoms with E-state index >= 15 is 0 Å². The monoisotopic (exact) mass is 236 g/mol.